The van der Waals surface area contributed by atoms with Crippen LogP contribution < -0.4 is 15.8 Å². The van der Waals surface area contributed by atoms with Crippen molar-refractivity contribution in [3.63, 3.8) is 0 Å². The van der Waals surface area contributed by atoms with E-state index in [9.17, 15) is 9.18 Å². The lowest BCUT2D eigenvalue weighted by Gasteiger charge is -2.10. The summed E-state index contributed by atoms with van der Waals surface area (Å²) in [5.74, 6) is -0.715. The number of rotatable bonds is 4. The lowest BCUT2D eigenvalue weighted by molar-refractivity contribution is -0.118. The largest absolute Gasteiger partial charge is 0.482 e. The van der Waals surface area contributed by atoms with Crippen molar-refractivity contribution in [2.75, 3.05) is 17.7 Å². The van der Waals surface area contributed by atoms with E-state index in [0.29, 0.717) is 5.02 Å². The zero-order valence-corrected chi connectivity index (χ0v) is 12.2. The summed E-state index contributed by atoms with van der Waals surface area (Å²) < 4.78 is 18.3. The molecule has 2 aromatic carbocycles. The van der Waals surface area contributed by atoms with Crippen molar-refractivity contribution >= 4 is 40.5 Å². The minimum Gasteiger partial charge on any atom is -0.482 e. The van der Waals surface area contributed by atoms with Crippen LogP contribution in [0.25, 0.3) is 0 Å². The number of amides is 1. The van der Waals surface area contributed by atoms with Crippen molar-refractivity contribution in [1.82, 2.24) is 0 Å². The third-order valence-corrected chi connectivity index (χ3v) is 3.37. The van der Waals surface area contributed by atoms with E-state index in [1.165, 1.54) is 12.1 Å². The molecule has 21 heavy (non-hydrogen) atoms. The van der Waals surface area contributed by atoms with Gasteiger partial charge in [-0.15, -0.1) is 0 Å². The molecule has 0 saturated heterocycles. The van der Waals surface area contributed by atoms with Gasteiger partial charge in [0.05, 0.1) is 16.4 Å². The Bertz CT molecular complexity index is 680. The maximum absolute atomic E-state index is 13.1. The number of nitrogens with two attached hydrogens (primary N) is 1. The molecule has 1 amide bonds. The summed E-state index contributed by atoms with van der Waals surface area (Å²) in [4.78, 5) is 11.8. The molecule has 0 saturated carbocycles. The van der Waals surface area contributed by atoms with Crippen molar-refractivity contribution in [2.24, 2.45) is 0 Å². The molecule has 0 bridgehead atoms. The highest BCUT2D eigenvalue weighted by Crippen LogP contribution is 2.31. The predicted octanol–water partition coefficient (Wildman–Crippen LogP) is 3.73. The number of hydrogen-bond donors (Lipinski definition) is 2. The first-order valence-corrected chi connectivity index (χ1v) is 6.64. The molecule has 4 nitrogen and oxygen atoms in total. The molecule has 2 rings (SSSR count). The number of halogens is 3. The molecule has 0 unspecified atom stereocenters. The molecule has 0 fully saturated rings. The summed E-state index contributed by atoms with van der Waals surface area (Å²) in [7, 11) is 0. The molecule has 0 aliphatic rings. The van der Waals surface area contributed by atoms with Gasteiger partial charge in [0.2, 0.25) is 0 Å². The third-order valence-electron chi connectivity index (χ3n) is 2.56. The van der Waals surface area contributed by atoms with Gasteiger partial charge in [0.25, 0.3) is 5.91 Å². The second-order valence-corrected chi connectivity index (χ2v) is 4.91. The Morgan fingerprint density at radius 2 is 2.05 bits per heavy atom. The van der Waals surface area contributed by atoms with Crippen LogP contribution in [0.1, 0.15) is 0 Å². The number of anilines is 2. The average molecular weight is 329 g/mol. The maximum Gasteiger partial charge on any atom is 0.262 e. The fraction of sp³-hybridized carbons (Fsp3) is 0.0714. The number of ether oxygens (including phenoxy) is 1. The number of benzene rings is 2. The van der Waals surface area contributed by atoms with Gasteiger partial charge in [-0.1, -0.05) is 29.3 Å². The Morgan fingerprint density at radius 3 is 2.81 bits per heavy atom. The highest BCUT2D eigenvalue weighted by atomic mass is 35.5. The minimum absolute atomic E-state index is 0.181. The quantitative estimate of drug-likeness (QED) is 0.840. The molecule has 3 N–H and O–H groups in total. The smallest absolute Gasteiger partial charge is 0.262 e. The van der Waals surface area contributed by atoms with E-state index in [2.05, 4.69) is 5.32 Å². The number of nitrogen functional groups attached to an aromatic ring is 1. The summed E-state index contributed by atoms with van der Waals surface area (Å²) in [5, 5.41) is 2.99. The SMILES string of the molecule is Nc1ccc(F)cc1NC(=O)COc1cccc(Cl)c1Cl. The van der Waals surface area contributed by atoms with Crippen LogP contribution in [0, 0.1) is 5.82 Å². The van der Waals surface area contributed by atoms with Crippen molar-refractivity contribution in [3.05, 3.63) is 52.3 Å². The average Bonchev–Trinajstić information content (AvgIpc) is 2.44. The number of carbonyl (C=O) groups is 1. The Balaban J connectivity index is 1.99. The minimum atomic E-state index is -0.502. The van der Waals surface area contributed by atoms with Crippen molar-refractivity contribution in [3.8, 4) is 5.75 Å². The summed E-state index contributed by atoms with van der Waals surface area (Å²) >= 11 is 11.8. The highest BCUT2D eigenvalue weighted by Gasteiger charge is 2.10. The van der Waals surface area contributed by atoms with E-state index in [4.69, 9.17) is 33.7 Å². The molecular weight excluding hydrogens is 318 g/mol. The molecule has 0 aliphatic carbocycles. The standard InChI is InChI=1S/C14H11Cl2FN2O2/c15-9-2-1-3-12(14(9)16)21-7-13(20)19-11-6-8(17)4-5-10(11)18/h1-6H,7,18H2,(H,19,20). The normalized spacial score (nSPS) is 10.2. The Labute approximate surface area is 130 Å². The first-order chi connectivity index (χ1) is 9.97. The molecule has 0 aliphatic heterocycles. The predicted molar refractivity (Wildman–Crippen MR) is 81.4 cm³/mol. The lowest BCUT2D eigenvalue weighted by atomic mass is 10.2. The number of hydrogen-bond acceptors (Lipinski definition) is 3. The van der Waals surface area contributed by atoms with E-state index in [1.54, 1.807) is 18.2 Å². The first kappa shape index (κ1) is 15.4. The zero-order chi connectivity index (χ0) is 15.4. The summed E-state index contributed by atoms with van der Waals surface area (Å²) in [5.41, 5.74) is 6.06. The van der Waals surface area contributed by atoms with E-state index in [0.717, 1.165) is 6.07 Å². The summed E-state index contributed by atoms with van der Waals surface area (Å²) in [6, 6.07) is 8.51. The third kappa shape index (κ3) is 4.00. The molecular formula is C14H11Cl2FN2O2. The Hall–Kier alpha value is -1.98. The topological polar surface area (TPSA) is 64.3 Å². The van der Waals surface area contributed by atoms with Gasteiger partial charge in [-0.25, -0.2) is 4.39 Å². The van der Waals surface area contributed by atoms with Gasteiger partial charge in [-0.3, -0.25) is 4.79 Å². The fourth-order valence-electron chi connectivity index (χ4n) is 1.56. The molecule has 0 radical (unpaired) electrons. The van der Waals surface area contributed by atoms with Gasteiger partial charge in [0.15, 0.2) is 6.61 Å². The maximum atomic E-state index is 13.1. The van der Waals surface area contributed by atoms with Crippen LogP contribution in [0.5, 0.6) is 5.75 Å². The first-order valence-electron chi connectivity index (χ1n) is 5.89. The number of carbonyl (C=O) groups excluding carboxylic acids is 1. The van der Waals surface area contributed by atoms with Crippen molar-refractivity contribution in [2.45, 2.75) is 0 Å². The van der Waals surface area contributed by atoms with Crippen LogP contribution in [0.2, 0.25) is 10.0 Å². The van der Waals surface area contributed by atoms with Crippen LogP contribution in [0.3, 0.4) is 0 Å². The molecule has 110 valence electrons. The van der Waals surface area contributed by atoms with Gasteiger partial charge in [-0.05, 0) is 30.3 Å². The van der Waals surface area contributed by atoms with Gasteiger partial charge < -0.3 is 15.8 Å². The molecule has 7 heteroatoms. The fourth-order valence-corrected chi connectivity index (χ4v) is 1.91. The van der Waals surface area contributed by atoms with E-state index in [-0.39, 0.29) is 28.8 Å². The second kappa shape index (κ2) is 6.65. The van der Waals surface area contributed by atoms with Gasteiger partial charge in [-0.2, -0.15) is 0 Å². The van der Waals surface area contributed by atoms with E-state index < -0.39 is 11.7 Å². The van der Waals surface area contributed by atoms with Crippen LogP contribution in [0.4, 0.5) is 15.8 Å². The van der Waals surface area contributed by atoms with Crippen molar-refractivity contribution in [1.29, 1.82) is 0 Å². The second-order valence-electron chi connectivity index (χ2n) is 4.12. The van der Waals surface area contributed by atoms with Crippen LogP contribution in [0.15, 0.2) is 36.4 Å². The number of nitrogens with one attached hydrogen (secondary N) is 1. The highest BCUT2D eigenvalue weighted by molar-refractivity contribution is 6.42. The van der Waals surface area contributed by atoms with Crippen molar-refractivity contribution < 1.29 is 13.9 Å². The molecule has 0 heterocycles. The van der Waals surface area contributed by atoms with Gasteiger partial charge in [0.1, 0.15) is 16.6 Å². The van der Waals surface area contributed by atoms with Crippen LogP contribution in [-0.2, 0) is 4.79 Å². The summed E-state index contributed by atoms with van der Waals surface area (Å²) in [6.45, 7) is -0.310. The lowest BCUT2D eigenvalue weighted by Crippen LogP contribution is -2.21. The van der Waals surface area contributed by atoms with E-state index >= 15 is 0 Å². The monoisotopic (exact) mass is 328 g/mol. The van der Waals surface area contributed by atoms with Gasteiger partial charge in [0, 0.05) is 0 Å². The van der Waals surface area contributed by atoms with E-state index in [1.807, 2.05) is 0 Å². The van der Waals surface area contributed by atoms with Gasteiger partial charge >= 0.3 is 0 Å². The summed E-state index contributed by atoms with van der Waals surface area (Å²) in [6.07, 6.45) is 0. The Morgan fingerprint density at radius 1 is 1.29 bits per heavy atom. The Kier molecular flexibility index (Phi) is 4.88. The molecule has 0 atom stereocenters. The van der Waals surface area contributed by atoms with Crippen LogP contribution >= 0.6 is 23.2 Å². The molecule has 2 aromatic rings. The molecule has 0 aromatic heterocycles. The van der Waals surface area contributed by atoms with Crippen LogP contribution in [-0.4, -0.2) is 12.5 Å². The molecule has 0 spiro atoms. The zero-order valence-electron chi connectivity index (χ0n) is 10.7.